The maximum Gasteiger partial charge on any atom is 0.0111 e. The first-order valence-corrected chi connectivity index (χ1v) is 7.05. The lowest BCUT2D eigenvalue weighted by atomic mass is 10.0. The highest BCUT2D eigenvalue weighted by atomic mass is 32.1. The Bertz CT molecular complexity index is 290. The molecule has 1 nitrogen and oxygen atoms in total. The molecule has 0 aliphatic carbocycles. The molecule has 0 aromatic carbocycles. The van der Waals surface area contributed by atoms with Crippen LogP contribution in [-0.2, 0) is 6.42 Å². The Morgan fingerprint density at radius 2 is 2.38 bits per heavy atom. The molecule has 1 atom stereocenters. The Balaban J connectivity index is 2.39. The molecule has 2 heteroatoms. The van der Waals surface area contributed by atoms with Gasteiger partial charge in [-0.1, -0.05) is 12.5 Å². The summed E-state index contributed by atoms with van der Waals surface area (Å²) in [7, 11) is 0. The maximum absolute atomic E-state index is 3.98. The molecule has 0 amide bonds. The first kappa shape index (κ1) is 13.5. The summed E-state index contributed by atoms with van der Waals surface area (Å²) < 4.78 is 0. The van der Waals surface area contributed by atoms with Gasteiger partial charge in [-0.3, -0.25) is 0 Å². The van der Waals surface area contributed by atoms with E-state index in [9.17, 15) is 0 Å². The Morgan fingerprint density at radius 1 is 1.56 bits per heavy atom. The molecular formula is C14H23NS. The van der Waals surface area contributed by atoms with Gasteiger partial charge in [-0.05, 0) is 61.5 Å². The van der Waals surface area contributed by atoms with Crippen molar-refractivity contribution < 1.29 is 0 Å². The molecule has 1 aromatic rings. The highest BCUT2D eigenvalue weighted by Gasteiger charge is 2.08. The van der Waals surface area contributed by atoms with Gasteiger partial charge in [0.1, 0.15) is 0 Å². The predicted molar refractivity (Wildman–Crippen MR) is 74.2 cm³/mol. The van der Waals surface area contributed by atoms with Crippen LogP contribution in [0.25, 0.3) is 0 Å². The third kappa shape index (κ3) is 5.47. The van der Waals surface area contributed by atoms with E-state index in [4.69, 9.17) is 0 Å². The van der Waals surface area contributed by atoms with Crippen LogP contribution < -0.4 is 5.32 Å². The second-order valence-corrected chi connectivity index (χ2v) is 5.26. The van der Waals surface area contributed by atoms with Crippen molar-refractivity contribution in [1.82, 2.24) is 5.32 Å². The number of hydrogen-bond acceptors (Lipinski definition) is 2. The molecule has 0 radical (unpaired) electrons. The van der Waals surface area contributed by atoms with Crippen molar-refractivity contribution in [1.29, 1.82) is 0 Å². The molecule has 0 spiro atoms. The van der Waals surface area contributed by atoms with Gasteiger partial charge in [0, 0.05) is 6.04 Å². The normalized spacial score (nSPS) is 12.6. The summed E-state index contributed by atoms with van der Waals surface area (Å²) in [5, 5.41) is 8.04. The van der Waals surface area contributed by atoms with Crippen LogP contribution in [0.5, 0.6) is 0 Å². The minimum atomic E-state index is 0.603. The molecule has 0 fully saturated rings. The van der Waals surface area contributed by atoms with E-state index in [0.29, 0.717) is 6.04 Å². The first-order valence-electron chi connectivity index (χ1n) is 6.11. The van der Waals surface area contributed by atoms with Gasteiger partial charge in [0.15, 0.2) is 0 Å². The van der Waals surface area contributed by atoms with E-state index in [0.717, 1.165) is 19.4 Å². The number of hydrogen-bond donors (Lipinski definition) is 1. The third-order valence-corrected chi connectivity index (χ3v) is 3.40. The van der Waals surface area contributed by atoms with Gasteiger partial charge in [-0.2, -0.15) is 11.3 Å². The smallest absolute Gasteiger partial charge is 0.0111 e. The number of nitrogens with one attached hydrogen (secondary N) is 1. The molecule has 0 aliphatic heterocycles. The van der Waals surface area contributed by atoms with E-state index in [-0.39, 0.29) is 0 Å². The van der Waals surface area contributed by atoms with Crippen molar-refractivity contribution in [3.63, 3.8) is 0 Å². The van der Waals surface area contributed by atoms with Crippen molar-refractivity contribution in [2.45, 2.75) is 45.6 Å². The van der Waals surface area contributed by atoms with Crippen LogP contribution >= 0.6 is 11.3 Å². The molecular weight excluding hydrogens is 214 g/mol. The quantitative estimate of drug-likeness (QED) is 0.674. The van der Waals surface area contributed by atoms with Crippen LogP contribution in [0, 0.1) is 0 Å². The fourth-order valence-electron chi connectivity index (χ4n) is 1.74. The van der Waals surface area contributed by atoms with Gasteiger partial charge in [0.2, 0.25) is 0 Å². The molecule has 0 saturated heterocycles. The highest BCUT2D eigenvalue weighted by molar-refractivity contribution is 7.07. The van der Waals surface area contributed by atoms with Crippen LogP contribution in [0.3, 0.4) is 0 Å². The molecule has 1 unspecified atom stereocenters. The van der Waals surface area contributed by atoms with Gasteiger partial charge in [-0.25, -0.2) is 0 Å². The molecule has 0 saturated carbocycles. The van der Waals surface area contributed by atoms with E-state index < -0.39 is 0 Å². The topological polar surface area (TPSA) is 12.0 Å². The molecule has 90 valence electrons. The summed E-state index contributed by atoms with van der Waals surface area (Å²) in [6, 6.07) is 2.83. The van der Waals surface area contributed by atoms with E-state index in [1.165, 1.54) is 24.0 Å². The molecule has 0 bridgehead atoms. The van der Waals surface area contributed by atoms with Crippen molar-refractivity contribution in [3.8, 4) is 0 Å². The summed E-state index contributed by atoms with van der Waals surface area (Å²) in [6.45, 7) is 9.42. The fourth-order valence-corrected chi connectivity index (χ4v) is 2.42. The second kappa shape index (κ2) is 7.64. The Kier molecular flexibility index (Phi) is 6.43. The van der Waals surface area contributed by atoms with E-state index in [1.807, 2.05) is 0 Å². The summed E-state index contributed by atoms with van der Waals surface area (Å²) in [5.41, 5.74) is 2.74. The minimum Gasteiger partial charge on any atom is -0.314 e. The zero-order valence-corrected chi connectivity index (χ0v) is 11.3. The van der Waals surface area contributed by atoms with Crippen molar-refractivity contribution in [2.24, 2.45) is 0 Å². The fraction of sp³-hybridized carbons (Fsp3) is 0.571. The maximum atomic E-state index is 3.98. The average Bonchev–Trinajstić information content (AvgIpc) is 2.74. The SMILES string of the molecule is C=C(C)CCC(Cc1ccsc1)NCCC. The van der Waals surface area contributed by atoms with Gasteiger partial charge >= 0.3 is 0 Å². The second-order valence-electron chi connectivity index (χ2n) is 4.48. The number of thiophene rings is 1. The summed E-state index contributed by atoms with van der Waals surface area (Å²) in [6.07, 6.45) is 4.68. The molecule has 1 N–H and O–H groups in total. The zero-order valence-electron chi connectivity index (χ0n) is 10.5. The van der Waals surface area contributed by atoms with Crippen LogP contribution in [0.15, 0.2) is 29.0 Å². The lowest BCUT2D eigenvalue weighted by Gasteiger charge is -2.18. The molecule has 1 aromatic heterocycles. The van der Waals surface area contributed by atoms with Crippen molar-refractivity contribution in [2.75, 3.05) is 6.54 Å². The summed E-state index contributed by atoms with van der Waals surface area (Å²) in [5.74, 6) is 0. The monoisotopic (exact) mass is 237 g/mol. The zero-order chi connectivity index (χ0) is 11.8. The van der Waals surface area contributed by atoms with Gasteiger partial charge in [0.25, 0.3) is 0 Å². The molecule has 1 rings (SSSR count). The average molecular weight is 237 g/mol. The van der Waals surface area contributed by atoms with Gasteiger partial charge in [-0.15, -0.1) is 6.58 Å². The largest absolute Gasteiger partial charge is 0.314 e. The predicted octanol–water partition coefficient (Wildman–Crippen LogP) is 4.02. The van der Waals surface area contributed by atoms with Crippen LogP contribution in [-0.4, -0.2) is 12.6 Å². The van der Waals surface area contributed by atoms with Gasteiger partial charge in [0.05, 0.1) is 0 Å². The van der Waals surface area contributed by atoms with E-state index in [2.05, 4.69) is 42.6 Å². The molecule has 1 heterocycles. The van der Waals surface area contributed by atoms with E-state index >= 15 is 0 Å². The first-order chi connectivity index (χ1) is 7.72. The lowest BCUT2D eigenvalue weighted by Crippen LogP contribution is -2.31. The number of allylic oxidation sites excluding steroid dienone is 1. The Hall–Kier alpha value is -0.600. The summed E-state index contributed by atoms with van der Waals surface area (Å²) in [4.78, 5) is 0. The van der Waals surface area contributed by atoms with Crippen LogP contribution in [0.1, 0.15) is 38.7 Å². The molecule has 0 aliphatic rings. The van der Waals surface area contributed by atoms with E-state index in [1.54, 1.807) is 11.3 Å². The molecule has 16 heavy (non-hydrogen) atoms. The minimum absolute atomic E-state index is 0.603. The Morgan fingerprint density at radius 3 is 2.94 bits per heavy atom. The van der Waals surface area contributed by atoms with Gasteiger partial charge < -0.3 is 5.32 Å². The van der Waals surface area contributed by atoms with Crippen molar-refractivity contribution >= 4 is 11.3 Å². The Labute approximate surface area is 104 Å². The highest BCUT2D eigenvalue weighted by Crippen LogP contribution is 2.13. The number of rotatable bonds is 8. The summed E-state index contributed by atoms with van der Waals surface area (Å²) >= 11 is 1.78. The van der Waals surface area contributed by atoms with Crippen LogP contribution in [0.4, 0.5) is 0 Å². The standard InChI is InChI=1S/C14H23NS/c1-4-8-15-14(6-5-12(2)3)10-13-7-9-16-11-13/h7,9,11,14-15H,2,4-6,8,10H2,1,3H3. The van der Waals surface area contributed by atoms with Crippen molar-refractivity contribution in [3.05, 3.63) is 34.5 Å². The lowest BCUT2D eigenvalue weighted by molar-refractivity contribution is 0.477. The van der Waals surface area contributed by atoms with Crippen LogP contribution in [0.2, 0.25) is 0 Å². The third-order valence-electron chi connectivity index (χ3n) is 2.66.